The highest BCUT2D eigenvalue weighted by molar-refractivity contribution is 7.15. The molecule has 0 bridgehead atoms. The van der Waals surface area contributed by atoms with Crippen molar-refractivity contribution < 1.29 is 19.1 Å². The summed E-state index contributed by atoms with van der Waals surface area (Å²) in [4.78, 5) is 47.2. The highest BCUT2D eigenvalue weighted by atomic mass is 32.1. The zero-order valence-corrected chi connectivity index (χ0v) is 21.8. The number of pyridine rings is 1. The van der Waals surface area contributed by atoms with Gasteiger partial charge in [0.15, 0.2) is 11.4 Å². The van der Waals surface area contributed by atoms with Crippen molar-refractivity contribution in [2.24, 2.45) is 0 Å². The number of hydrogen-bond donors (Lipinski definition) is 1. The maximum atomic E-state index is 13.3. The molecule has 5 rings (SSSR count). The normalized spacial score (nSPS) is 18.0. The first-order valence-electron chi connectivity index (χ1n) is 12.4. The third kappa shape index (κ3) is 4.90. The number of amides is 2. The van der Waals surface area contributed by atoms with Crippen molar-refractivity contribution in [3.63, 3.8) is 0 Å². The average molecular weight is 525 g/mol. The molecule has 2 amide bonds. The topological polar surface area (TPSA) is 95.7 Å². The van der Waals surface area contributed by atoms with Gasteiger partial charge in [0.25, 0.3) is 5.91 Å². The molecule has 2 aliphatic rings. The summed E-state index contributed by atoms with van der Waals surface area (Å²) in [5.41, 5.74) is 0.503. The third-order valence-electron chi connectivity index (χ3n) is 7.31. The van der Waals surface area contributed by atoms with E-state index in [4.69, 9.17) is 0 Å². The van der Waals surface area contributed by atoms with Crippen LogP contribution in [0.1, 0.15) is 60.1 Å². The van der Waals surface area contributed by atoms with Crippen molar-refractivity contribution in [3.05, 3.63) is 68.8 Å². The standard InChI is InChI=1S/C27H29FN4O4S/c1-15(30(3)16(2)33)10-20-13-32(19-8-9-19)27(36)23-25(35)24(34)22(14-31(20)23)26-29-12-21(37-26)11-17-4-6-18(28)7-5-17/h4-7,12,14-15,19-20,35H,8-11,13H2,1-3H3/t15?,20-/m0/s1. The fraction of sp³-hybridized carbons (Fsp3) is 0.407. The maximum absolute atomic E-state index is 13.3. The lowest BCUT2D eigenvalue weighted by molar-refractivity contribution is -0.129. The predicted molar refractivity (Wildman–Crippen MR) is 138 cm³/mol. The summed E-state index contributed by atoms with van der Waals surface area (Å²) in [5, 5.41) is 11.4. The van der Waals surface area contributed by atoms with E-state index in [1.165, 1.54) is 30.4 Å². The van der Waals surface area contributed by atoms with Gasteiger partial charge < -0.3 is 19.5 Å². The molecule has 194 valence electrons. The number of fused-ring (bicyclic) bond motifs is 1. The molecule has 8 nitrogen and oxygen atoms in total. The summed E-state index contributed by atoms with van der Waals surface area (Å²) in [5.74, 6) is -1.28. The van der Waals surface area contributed by atoms with Gasteiger partial charge in [0.05, 0.1) is 11.6 Å². The molecule has 0 spiro atoms. The molecule has 0 saturated heterocycles. The molecule has 2 aromatic heterocycles. The Kier molecular flexibility index (Phi) is 6.61. The van der Waals surface area contributed by atoms with Gasteiger partial charge in [-0.05, 0) is 43.9 Å². The lowest BCUT2D eigenvalue weighted by atomic mass is 10.0. The average Bonchev–Trinajstić information content (AvgIpc) is 3.61. The van der Waals surface area contributed by atoms with Crippen LogP contribution in [0.3, 0.4) is 0 Å². The second-order valence-corrected chi connectivity index (χ2v) is 11.1. The predicted octanol–water partition coefficient (Wildman–Crippen LogP) is 3.82. The van der Waals surface area contributed by atoms with E-state index in [1.807, 2.05) is 6.92 Å². The van der Waals surface area contributed by atoms with E-state index in [2.05, 4.69) is 4.98 Å². The minimum atomic E-state index is -0.632. The van der Waals surface area contributed by atoms with Crippen LogP contribution in [0.15, 0.2) is 41.5 Å². The van der Waals surface area contributed by atoms with Gasteiger partial charge >= 0.3 is 0 Å². The highest BCUT2D eigenvalue weighted by Crippen LogP contribution is 2.38. The fourth-order valence-corrected chi connectivity index (χ4v) is 5.83. The van der Waals surface area contributed by atoms with Crippen molar-refractivity contribution in [1.29, 1.82) is 0 Å². The van der Waals surface area contributed by atoms with Gasteiger partial charge in [-0.15, -0.1) is 11.3 Å². The Labute approximate surface area is 218 Å². The molecule has 3 heterocycles. The van der Waals surface area contributed by atoms with Crippen molar-refractivity contribution >= 4 is 23.2 Å². The van der Waals surface area contributed by atoms with Gasteiger partial charge in [-0.2, -0.15) is 0 Å². The highest BCUT2D eigenvalue weighted by Gasteiger charge is 2.42. The number of carbonyl (C=O) groups is 2. The van der Waals surface area contributed by atoms with Crippen LogP contribution >= 0.6 is 11.3 Å². The molecule has 2 atom stereocenters. The van der Waals surface area contributed by atoms with Gasteiger partial charge in [0.1, 0.15) is 10.8 Å². The van der Waals surface area contributed by atoms with Crippen molar-refractivity contribution in [2.75, 3.05) is 13.6 Å². The van der Waals surface area contributed by atoms with Crippen molar-refractivity contribution in [3.8, 4) is 16.3 Å². The molecule has 1 aromatic carbocycles. The Morgan fingerprint density at radius 3 is 2.62 bits per heavy atom. The van der Waals surface area contributed by atoms with E-state index in [-0.39, 0.29) is 47.0 Å². The smallest absolute Gasteiger partial charge is 0.274 e. The summed E-state index contributed by atoms with van der Waals surface area (Å²) < 4.78 is 15.0. The molecular weight excluding hydrogens is 495 g/mol. The van der Waals surface area contributed by atoms with Crippen LogP contribution in [0.25, 0.3) is 10.6 Å². The second-order valence-electron chi connectivity index (χ2n) is 9.97. The first-order valence-corrected chi connectivity index (χ1v) is 13.2. The molecule has 0 radical (unpaired) electrons. The number of nitrogens with zero attached hydrogens (tertiary/aromatic N) is 4. The van der Waals surface area contributed by atoms with Gasteiger partial charge in [-0.3, -0.25) is 14.4 Å². The Hall–Kier alpha value is -3.53. The molecular formula is C27H29FN4O4S. The molecule has 37 heavy (non-hydrogen) atoms. The van der Waals surface area contributed by atoms with Crippen molar-refractivity contribution in [2.45, 2.75) is 57.7 Å². The molecule has 1 aliphatic heterocycles. The number of benzene rings is 1. The van der Waals surface area contributed by atoms with Gasteiger partial charge in [0, 0.05) is 56.3 Å². The molecule has 3 aromatic rings. The lowest BCUT2D eigenvalue weighted by Gasteiger charge is -2.38. The Morgan fingerprint density at radius 1 is 1.27 bits per heavy atom. The third-order valence-corrected chi connectivity index (χ3v) is 8.34. The van der Waals surface area contributed by atoms with E-state index in [0.717, 1.165) is 23.3 Å². The molecule has 1 saturated carbocycles. The SMILES string of the molecule is CC(=O)N(C)C(C)C[C@H]1CN(C2CC2)C(=O)c2c(O)c(=O)c(-c3ncc(Cc4ccc(F)cc4)s3)cn21. The van der Waals surface area contributed by atoms with Crippen LogP contribution in [0.4, 0.5) is 4.39 Å². The van der Waals surface area contributed by atoms with Crippen LogP contribution < -0.4 is 5.43 Å². The van der Waals surface area contributed by atoms with E-state index in [0.29, 0.717) is 24.4 Å². The first kappa shape index (κ1) is 25.1. The number of halogens is 1. The molecule has 1 unspecified atom stereocenters. The summed E-state index contributed by atoms with van der Waals surface area (Å²) >= 11 is 1.32. The van der Waals surface area contributed by atoms with Crippen LogP contribution in [0.5, 0.6) is 5.75 Å². The van der Waals surface area contributed by atoms with E-state index in [9.17, 15) is 23.9 Å². The molecule has 10 heteroatoms. The summed E-state index contributed by atoms with van der Waals surface area (Å²) in [6, 6.07) is 5.98. The Balaban J connectivity index is 1.52. The summed E-state index contributed by atoms with van der Waals surface area (Å²) in [6.07, 6.45) is 6.19. The van der Waals surface area contributed by atoms with Gasteiger partial charge in [-0.1, -0.05) is 12.1 Å². The van der Waals surface area contributed by atoms with Gasteiger partial charge in [-0.25, -0.2) is 9.37 Å². The van der Waals surface area contributed by atoms with Gasteiger partial charge in [0.2, 0.25) is 11.3 Å². The van der Waals surface area contributed by atoms with E-state index >= 15 is 0 Å². The first-order chi connectivity index (χ1) is 17.6. The Bertz CT molecular complexity index is 1410. The van der Waals surface area contributed by atoms with E-state index in [1.54, 1.807) is 45.9 Å². The zero-order chi connectivity index (χ0) is 26.4. The number of carbonyl (C=O) groups excluding carboxylic acids is 2. The van der Waals surface area contributed by atoms with Crippen LogP contribution in [0, 0.1) is 5.82 Å². The molecule has 1 N–H and O–H groups in total. The monoisotopic (exact) mass is 524 g/mol. The number of hydrogen-bond acceptors (Lipinski definition) is 6. The molecule has 1 aliphatic carbocycles. The van der Waals surface area contributed by atoms with Crippen LogP contribution in [-0.2, 0) is 11.2 Å². The summed E-state index contributed by atoms with van der Waals surface area (Å²) in [7, 11) is 1.74. The lowest BCUT2D eigenvalue weighted by Crippen LogP contribution is -2.47. The van der Waals surface area contributed by atoms with Crippen LogP contribution in [0.2, 0.25) is 0 Å². The zero-order valence-electron chi connectivity index (χ0n) is 21.0. The largest absolute Gasteiger partial charge is 0.503 e. The number of aromatic nitrogens is 2. The fourth-order valence-electron chi connectivity index (χ4n) is 4.87. The maximum Gasteiger partial charge on any atom is 0.274 e. The minimum Gasteiger partial charge on any atom is -0.503 e. The number of thiazole rings is 1. The summed E-state index contributed by atoms with van der Waals surface area (Å²) in [6.45, 7) is 3.91. The number of aromatic hydroxyl groups is 1. The number of rotatable bonds is 7. The molecule has 1 fully saturated rings. The quantitative estimate of drug-likeness (QED) is 0.507. The van der Waals surface area contributed by atoms with Crippen LogP contribution in [-0.4, -0.2) is 61.9 Å². The second kappa shape index (κ2) is 9.74. The Morgan fingerprint density at radius 2 is 1.97 bits per heavy atom. The minimum absolute atomic E-state index is 0.00216. The van der Waals surface area contributed by atoms with Crippen molar-refractivity contribution in [1.82, 2.24) is 19.4 Å². The van der Waals surface area contributed by atoms with E-state index < -0.39 is 11.2 Å².